The third kappa shape index (κ3) is 2.57. The van der Waals surface area contributed by atoms with Gasteiger partial charge in [-0.1, -0.05) is 12.1 Å². The zero-order chi connectivity index (χ0) is 13.1. The van der Waals surface area contributed by atoms with Crippen molar-refractivity contribution in [1.82, 2.24) is 4.57 Å². The number of hydrogen-bond acceptors (Lipinski definition) is 2. The zero-order valence-electron chi connectivity index (χ0n) is 11.3. The second-order valence-corrected chi connectivity index (χ2v) is 4.88. The van der Waals surface area contributed by atoms with Crippen LogP contribution in [0.5, 0.6) is 0 Å². The van der Waals surface area contributed by atoms with Crippen LogP contribution in [0.15, 0.2) is 42.7 Å². The second-order valence-electron chi connectivity index (χ2n) is 4.88. The average molecular weight is 243 g/mol. The Morgan fingerprint density at radius 3 is 2.22 bits per heavy atom. The Balaban J connectivity index is 2.28. The number of hydrogen-bond donors (Lipinski definition) is 1. The number of anilines is 1. The van der Waals surface area contributed by atoms with Gasteiger partial charge < -0.3 is 15.2 Å². The standard InChI is InChI=1S/C15H21N3/c1-17(2)14-6-4-12(5-7-14)15(10-16)13-8-9-18(3)11-13/h4-9,11,15H,10,16H2,1-3H3. The molecule has 0 aliphatic carbocycles. The van der Waals surface area contributed by atoms with Crippen molar-refractivity contribution in [3.63, 3.8) is 0 Å². The predicted molar refractivity (Wildman–Crippen MR) is 77.1 cm³/mol. The van der Waals surface area contributed by atoms with E-state index in [0.717, 1.165) is 0 Å². The van der Waals surface area contributed by atoms with Crippen molar-refractivity contribution in [2.24, 2.45) is 12.8 Å². The van der Waals surface area contributed by atoms with Crippen molar-refractivity contribution in [3.05, 3.63) is 53.9 Å². The molecule has 3 nitrogen and oxygen atoms in total. The first-order valence-corrected chi connectivity index (χ1v) is 6.21. The molecule has 1 unspecified atom stereocenters. The molecule has 0 radical (unpaired) electrons. The number of nitrogens with zero attached hydrogens (tertiary/aromatic N) is 2. The van der Waals surface area contributed by atoms with Crippen LogP contribution in [0.2, 0.25) is 0 Å². The third-order valence-corrected chi connectivity index (χ3v) is 3.30. The molecule has 0 aliphatic rings. The number of aromatic nitrogens is 1. The number of aryl methyl sites for hydroxylation is 1. The molecule has 3 heteroatoms. The van der Waals surface area contributed by atoms with Crippen LogP contribution in [0, 0.1) is 0 Å². The Labute approximate surface area is 109 Å². The first-order valence-electron chi connectivity index (χ1n) is 6.21. The van der Waals surface area contributed by atoms with Gasteiger partial charge in [0.25, 0.3) is 0 Å². The molecular formula is C15H21N3. The highest BCUT2D eigenvalue weighted by atomic mass is 15.1. The normalized spacial score (nSPS) is 12.4. The monoisotopic (exact) mass is 243 g/mol. The smallest absolute Gasteiger partial charge is 0.0361 e. The van der Waals surface area contributed by atoms with Crippen LogP contribution >= 0.6 is 0 Å². The first kappa shape index (κ1) is 12.7. The van der Waals surface area contributed by atoms with Gasteiger partial charge in [0.2, 0.25) is 0 Å². The summed E-state index contributed by atoms with van der Waals surface area (Å²) in [5, 5.41) is 0. The molecule has 0 amide bonds. The molecule has 0 bridgehead atoms. The zero-order valence-corrected chi connectivity index (χ0v) is 11.3. The molecule has 0 saturated carbocycles. The summed E-state index contributed by atoms with van der Waals surface area (Å²) in [5.41, 5.74) is 9.68. The summed E-state index contributed by atoms with van der Waals surface area (Å²) in [5.74, 6) is 0.280. The van der Waals surface area contributed by atoms with Crippen LogP contribution in [-0.4, -0.2) is 25.2 Å². The maximum absolute atomic E-state index is 5.92. The van der Waals surface area contributed by atoms with Crippen LogP contribution < -0.4 is 10.6 Å². The third-order valence-electron chi connectivity index (χ3n) is 3.30. The maximum atomic E-state index is 5.92. The predicted octanol–water partition coefficient (Wildman–Crippen LogP) is 2.18. The van der Waals surface area contributed by atoms with Crippen molar-refractivity contribution in [1.29, 1.82) is 0 Å². The van der Waals surface area contributed by atoms with E-state index in [0.29, 0.717) is 6.54 Å². The lowest BCUT2D eigenvalue weighted by Crippen LogP contribution is -2.14. The van der Waals surface area contributed by atoms with Crippen molar-refractivity contribution in [3.8, 4) is 0 Å². The minimum atomic E-state index is 0.280. The van der Waals surface area contributed by atoms with Gasteiger partial charge in [-0.25, -0.2) is 0 Å². The highest BCUT2D eigenvalue weighted by molar-refractivity contribution is 5.47. The Morgan fingerprint density at radius 2 is 1.78 bits per heavy atom. The van der Waals surface area contributed by atoms with Gasteiger partial charge in [-0.2, -0.15) is 0 Å². The molecule has 0 aliphatic heterocycles. The fourth-order valence-corrected chi connectivity index (χ4v) is 2.20. The van der Waals surface area contributed by atoms with E-state index in [2.05, 4.69) is 52.2 Å². The largest absolute Gasteiger partial charge is 0.378 e. The van der Waals surface area contributed by atoms with E-state index in [4.69, 9.17) is 5.73 Å². The Morgan fingerprint density at radius 1 is 1.11 bits per heavy atom. The first-order chi connectivity index (χ1) is 8.61. The SMILES string of the molecule is CN(C)c1ccc(C(CN)c2ccn(C)c2)cc1. The van der Waals surface area contributed by atoms with Crippen LogP contribution in [0.25, 0.3) is 0 Å². The molecule has 1 atom stereocenters. The summed E-state index contributed by atoms with van der Waals surface area (Å²) >= 11 is 0. The summed E-state index contributed by atoms with van der Waals surface area (Å²) in [6.45, 7) is 0.630. The summed E-state index contributed by atoms with van der Waals surface area (Å²) in [6, 6.07) is 10.7. The minimum absolute atomic E-state index is 0.280. The van der Waals surface area contributed by atoms with E-state index >= 15 is 0 Å². The molecule has 18 heavy (non-hydrogen) atoms. The van der Waals surface area contributed by atoms with Gasteiger partial charge in [-0.05, 0) is 29.3 Å². The van der Waals surface area contributed by atoms with E-state index in [1.807, 2.05) is 21.1 Å². The Kier molecular flexibility index (Phi) is 3.72. The molecule has 96 valence electrons. The van der Waals surface area contributed by atoms with Crippen molar-refractivity contribution in [2.75, 3.05) is 25.5 Å². The topological polar surface area (TPSA) is 34.2 Å². The molecule has 1 heterocycles. The van der Waals surface area contributed by atoms with Crippen LogP contribution in [0.1, 0.15) is 17.0 Å². The van der Waals surface area contributed by atoms with E-state index in [9.17, 15) is 0 Å². The van der Waals surface area contributed by atoms with E-state index in [1.54, 1.807) is 0 Å². The summed E-state index contributed by atoms with van der Waals surface area (Å²) < 4.78 is 2.06. The maximum Gasteiger partial charge on any atom is 0.0361 e. The van der Waals surface area contributed by atoms with Gasteiger partial charge in [-0.3, -0.25) is 0 Å². The van der Waals surface area contributed by atoms with Gasteiger partial charge in [0.1, 0.15) is 0 Å². The van der Waals surface area contributed by atoms with Crippen molar-refractivity contribution < 1.29 is 0 Å². The average Bonchev–Trinajstić information content (AvgIpc) is 2.77. The molecule has 0 fully saturated rings. The van der Waals surface area contributed by atoms with E-state index < -0.39 is 0 Å². The highest BCUT2D eigenvalue weighted by Crippen LogP contribution is 2.25. The fourth-order valence-electron chi connectivity index (χ4n) is 2.20. The van der Waals surface area contributed by atoms with Crippen LogP contribution in [0.3, 0.4) is 0 Å². The summed E-state index contributed by atoms with van der Waals surface area (Å²) in [6.07, 6.45) is 4.20. The van der Waals surface area contributed by atoms with E-state index in [1.165, 1.54) is 16.8 Å². The van der Waals surface area contributed by atoms with Crippen molar-refractivity contribution in [2.45, 2.75) is 5.92 Å². The number of rotatable bonds is 4. The van der Waals surface area contributed by atoms with Gasteiger partial charge >= 0.3 is 0 Å². The molecule has 0 saturated heterocycles. The molecule has 2 aromatic rings. The van der Waals surface area contributed by atoms with E-state index in [-0.39, 0.29) is 5.92 Å². The lowest BCUT2D eigenvalue weighted by Gasteiger charge is -2.17. The molecule has 1 aromatic heterocycles. The highest BCUT2D eigenvalue weighted by Gasteiger charge is 2.13. The summed E-state index contributed by atoms with van der Waals surface area (Å²) in [7, 11) is 6.13. The van der Waals surface area contributed by atoms with Gasteiger partial charge in [-0.15, -0.1) is 0 Å². The molecule has 2 rings (SSSR count). The van der Waals surface area contributed by atoms with Crippen LogP contribution in [0.4, 0.5) is 5.69 Å². The quantitative estimate of drug-likeness (QED) is 0.893. The van der Waals surface area contributed by atoms with Crippen molar-refractivity contribution >= 4 is 5.69 Å². The fraction of sp³-hybridized carbons (Fsp3) is 0.333. The van der Waals surface area contributed by atoms with Gasteiger partial charge in [0, 0.05) is 51.7 Å². The number of benzene rings is 1. The lowest BCUT2D eigenvalue weighted by molar-refractivity contribution is 0.811. The summed E-state index contributed by atoms with van der Waals surface area (Å²) in [4.78, 5) is 2.10. The number of nitrogens with two attached hydrogens (primary N) is 1. The lowest BCUT2D eigenvalue weighted by atomic mass is 9.93. The van der Waals surface area contributed by atoms with Gasteiger partial charge in [0.15, 0.2) is 0 Å². The van der Waals surface area contributed by atoms with Crippen LogP contribution in [-0.2, 0) is 7.05 Å². The Hall–Kier alpha value is -1.74. The molecule has 2 N–H and O–H groups in total. The molecule has 0 spiro atoms. The minimum Gasteiger partial charge on any atom is -0.378 e. The molecular weight excluding hydrogens is 222 g/mol. The Bertz CT molecular complexity index is 497. The second kappa shape index (κ2) is 5.27. The van der Waals surface area contributed by atoms with Gasteiger partial charge in [0.05, 0.1) is 0 Å². The molecule has 1 aromatic carbocycles.